The zero-order valence-electron chi connectivity index (χ0n) is 22.1. The first-order chi connectivity index (χ1) is 18.3. The molecule has 4 rings (SSSR count). The minimum absolute atomic E-state index is 0.129. The fourth-order valence-corrected chi connectivity index (χ4v) is 7.25. The highest BCUT2D eigenvalue weighted by Gasteiger charge is 2.30. The van der Waals surface area contributed by atoms with Crippen molar-refractivity contribution in [2.45, 2.75) is 64.2 Å². The predicted molar refractivity (Wildman–Crippen MR) is 151 cm³/mol. The minimum atomic E-state index is -3.75. The van der Waals surface area contributed by atoms with Crippen LogP contribution in [0.4, 0.5) is 0 Å². The van der Waals surface area contributed by atoms with Crippen LogP contribution in [0.1, 0.15) is 67.6 Å². The molecule has 1 N–H and O–H groups in total. The number of rotatable bonds is 11. The minimum Gasteiger partial charge on any atom is -0.493 e. The lowest BCUT2D eigenvalue weighted by atomic mass is 9.96. The Bertz CT molecular complexity index is 1470. The monoisotopic (exact) mass is 606 g/mol. The van der Waals surface area contributed by atoms with Crippen molar-refractivity contribution in [1.82, 2.24) is 18.9 Å². The summed E-state index contributed by atoms with van der Waals surface area (Å²) >= 11 is 3.48. The topological polar surface area (TPSA) is 114 Å². The van der Waals surface area contributed by atoms with Gasteiger partial charge in [-0.25, -0.2) is 12.9 Å². The summed E-state index contributed by atoms with van der Waals surface area (Å²) in [4.78, 5) is 28.0. The Balaban J connectivity index is 1.83. The van der Waals surface area contributed by atoms with E-state index in [1.807, 2.05) is 13.8 Å². The molecule has 9 nitrogen and oxygen atoms in total. The second-order valence-corrected chi connectivity index (χ2v) is 12.5. The summed E-state index contributed by atoms with van der Waals surface area (Å²) in [6.07, 6.45) is 5.54. The first-order valence-corrected chi connectivity index (χ1v) is 15.8. The van der Waals surface area contributed by atoms with Gasteiger partial charge in [-0.3, -0.25) is 9.59 Å². The number of carbonyl (C=O) groups is 1. The Morgan fingerprint density at radius 1 is 1.21 bits per heavy atom. The number of alkyl halides is 1. The van der Waals surface area contributed by atoms with Crippen LogP contribution >= 0.6 is 15.9 Å². The van der Waals surface area contributed by atoms with Crippen molar-refractivity contribution in [3.8, 4) is 17.1 Å². The van der Waals surface area contributed by atoms with Gasteiger partial charge in [-0.15, -0.1) is 5.10 Å². The Hall–Kier alpha value is -2.50. The van der Waals surface area contributed by atoms with Crippen LogP contribution in [0, 0.1) is 12.8 Å². The summed E-state index contributed by atoms with van der Waals surface area (Å²) in [5.41, 5.74) is 1.99. The van der Waals surface area contributed by atoms with E-state index in [0.29, 0.717) is 65.7 Å². The fraction of sp³-hybridized carbons (Fsp3) is 0.519. The van der Waals surface area contributed by atoms with Crippen LogP contribution in [0.15, 0.2) is 27.9 Å². The summed E-state index contributed by atoms with van der Waals surface area (Å²) < 4.78 is 36.2. The molecule has 1 aromatic carbocycles. The number of benzene rings is 1. The van der Waals surface area contributed by atoms with Crippen LogP contribution in [0.3, 0.4) is 0 Å². The maximum Gasteiger partial charge on any atom is 0.275 e. The highest BCUT2D eigenvalue weighted by atomic mass is 79.9. The Morgan fingerprint density at radius 3 is 2.58 bits per heavy atom. The van der Waals surface area contributed by atoms with E-state index in [9.17, 15) is 18.0 Å². The molecule has 3 aromatic rings. The Labute approximate surface area is 231 Å². The van der Waals surface area contributed by atoms with Crippen LogP contribution in [0.5, 0.6) is 5.75 Å². The van der Waals surface area contributed by atoms with Gasteiger partial charge < -0.3 is 9.72 Å². The number of aldehydes is 1. The van der Waals surface area contributed by atoms with E-state index in [-0.39, 0.29) is 10.7 Å². The largest absolute Gasteiger partial charge is 0.493 e. The van der Waals surface area contributed by atoms with Gasteiger partial charge in [-0.2, -0.15) is 4.31 Å². The number of aromatic amines is 1. The van der Waals surface area contributed by atoms with Crippen LogP contribution in [-0.2, 0) is 16.4 Å². The number of sulfonamides is 1. The Morgan fingerprint density at radius 2 is 1.95 bits per heavy atom. The molecule has 0 saturated carbocycles. The number of aryl methyl sites for hydroxylation is 2. The lowest BCUT2D eigenvalue weighted by Gasteiger charge is -2.31. The van der Waals surface area contributed by atoms with Crippen LogP contribution in [0.25, 0.3) is 16.9 Å². The molecule has 0 radical (unpaired) electrons. The fourth-order valence-electron chi connectivity index (χ4n) is 5.11. The summed E-state index contributed by atoms with van der Waals surface area (Å²) in [6, 6.07) is 4.72. The zero-order chi connectivity index (χ0) is 27.4. The van der Waals surface area contributed by atoms with Gasteiger partial charge in [-0.05, 0) is 68.7 Å². The highest BCUT2D eigenvalue weighted by molar-refractivity contribution is 9.09. The van der Waals surface area contributed by atoms with Crippen molar-refractivity contribution in [2.24, 2.45) is 5.92 Å². The molecule has 0 bridgehead atoms. The summed E-state index contributed by atoms with van der Waals surface area (Å²) in [6.45, 7) is 7.07. The first kappa shape index (κ1) is 28.5. The SMILES string of the molecule is CCCOc1ccc(S(=O)(=O)N2CCC(CCBr)CC2)cc1-c1nn2c(CCC)c(C=O)c(C)c2c(=O)[nH]1. The number of aromatic nitrogens is 3. The maximum atomic E-state index is 13.6. The molecule has 2 aromatic heterocycles. The number of halogens is 1. The molecule has 1 aliphatic rings. The number of nitrogens with zero attached hydrogens (tertiary/aromatic N) is 3. The normalized spacial score (nSPS) is 15.3. The molecular weight excluding hydrogens is 572 g/mol. The number of hydrogen-bond donors (Lipinski definition) is 1. The van der Waals surface area contributed by atoms with Crippen molar-refractivity contribution in [2.75, 3.05) is 25.0 Å². The molecule has 1 aliphatic heterocycles. The quantitative estimate of drug-likeness (QED) is 0.249. The van der Waals surface area contributed by atoms with E-state index in [1.165, 1.54) is 14.9 Å². The number of nitrogens with one attached hydrogen (secondary N) is 1. The first-order valence-electron chi connectivity index (χ1n) is 13.2. The average molecular weight is 608 g/mol. The molecule has 38 heavy (non-hydrogen) atoms. The van der Waals surface area contributed by atoms with Gasteiger partial charge in [0, 0.05) is 24.0 Å². The predicted octanol–water partition coefficient (Wildman–Crippen LogP) is 4.74. The number of carbonyl (C=O) groups excluding carboxylic acids is 1. The van der Waals surface area contributed by atoms with E-state index in [1.54, 1.807) is 19.1 Å². The second kappa shape index (κ2) is 12.1. The molecule has 3 heterocycles. The van der Waals surface area contributed by atoms with Gasteiger partial charge in [0.2, 0.25) is 10.0 Å². The third-order valence-corrected chi connectivity index (χ3v) is 9.54. The lowest BCUT2D eigenvalue weighted by molar-refractivity contribution is 0.112. The third kappa shape index (κ3) is 5.46. The molecule has 1 fully saturated rings. The van der Waals surface area contributed by atoms with E-state index in [4.69, 9.17) is 9.84 Å². The van der Waals surface area contributed by atoms with Crippen molar-refractivity contribution in [1.29, 1.82) is 0 Å². The van der Waals surface area contributed by atoms with Gasteiger partial charge in [0.15, 0.2) is 12.1 Å². The van der Waals surface area contributed by atoms with Crippen LogP contribution in [-0.4, -0.2) is 58.6 Å². The Kier molecular flexibility index (Phi) is 9.10. The van der Waals surface area contributed by atoms with E-state index >= 15 is 0 Å². The van der Waals surface area contributed by atoms with Crippen molar-refractivity contribution < 1.29 is 17.9 Å². The number of piperidine rings is 1. The van der Waals surface area contributed by atoms with Crippen molar-refractivity contribution >= 4 is 37.8 Å². The van der Waals surface area contributed by atoms with Crippen LogP contribution < -0.4 is 10.3 Å². The average Bonchev–Trinajstić information content (AvgIpc) is 3.18. The van der Waals surface area contributed by atoms with E-state index in [0.717, 1.165) is 43.7 Å². The van der Waals surface area contributed by atoms with Crippen molar-refractivity contribution in [3.63, 3.8) is 0 Å². The van der Waals surface area contributed by atoms with Gasteiger partial charge in [0.25, 0.3) is 5.56 Å². The van der Waals surface area contributed by atoms with Gasteiger partial charge in [0.1, 0.15) is 11.3 Å². The summed E-state index contributed by atoms with van der Waals surface area (Å²) in [7, 11) is -3.75. The smallest absolute Gasteiger partial charge is 0.275 e. The molecule has 0 atom stereocenters. The molecule has 0 unspecified atom stereocenters. The maximum absolute atomic E-state index is 13.6. The van der Waals surface area contributed by atoms with E-state index < -0.39 is 15.6 Å². The number of H-pyrrole nitrogens is 1. The molecular formula is C27H35BrN4O5S. The number of fused-ring (bicyclic) bond motifs is 1. The molecule has 0 spiro atoms. The standard InChI is InChI=1S/C27H35BrN4O5S/c1-4-6-23-22(17-33)18(3)25-27(34)29-26(30-32(23)25)21-16-20(7-8-24(21)37-15-5-2)38(35,36)31-13-10-19(9-12-28)11-14-31/h7-8,16-17,19H,4-6,9-15H2,1-3H3,(H,29,30,34). The highest BCUT2D eigenvalue weighted by Crippen LogP contribution is 2.33. The molecule has 0 aliphatic carbocycles. The summed E-state index contributed by atoms with van der Waals surface area (Å²) in [5.74, 6) is 1.13. The van der Waals surface area contributed by atoms with Gasteiger partial charge in [-0.1, -0.05) is 36.2 Å². The third-order valence-electron chi connectivity index (χ3n) is 7.19. The van der Waals surface area contributed by atoms with Gasteiger partial charge in [0.05, 0.1) is 22.8 Å². The molecule has 11 heteroatoms. The van der Waals surface area contributed by atoms with Crippen molar-refractivity contribution in [3.05, 3.63) is 45.4 Å². The van der Waals surface area contributed by atoms with E-state index in [2.05, 4.69) is 20.9 Å². The number of hydrogen-bond acceptors (Lipinski definition) is 6. The molecule has 1 saturated heterocycles. The molecule has 206 valence electrons. The van der Waals surface area contributed by atoms with Gasteiger partial charge >= 0.3 is 0 Å². The molecule has 0 amide bonds. The zero-order valence-corrected chi connectivity index (χ0v) is 24.5. The summed E-state index contributed by atoms with van der Waals surface area (Å²) in [5, 5.41) is 5.61. The second-order valence-electron chi connectivity index (χ2n) is 9.75. The lowest BCUT2D eigenvalue weighted by Crippen LogP contribution is -2.38. The van der Waals surface area contributed by atoms with Crippen LogP contribution in [0.2, 0.25) is 0 Å². The number of ether oxygens (including phenoxy) is 1.